The number of methoxy groups -OCH3 is 1. The molecule has 0 aromatic heterocycles. The topological polar surface area (TPSA) is 210 Å². The van der Waals surface area contributed by atoms with Crippen molar-refractivity contribution in [3.63, 3.8) is 0 Å². The van der Waals surface area contributed by atoms with Gasteiger partial charge >= 0.3 is 36.0 Å². The zero-order chi connectivity index (χ0) is 49.0. The Morgan fingerprint density at radius 1 is 0.691 bits per heavy atom. The highest BCUT2D eigenvalue weighted by Gasteiger charge is 2.62. The Labute approximate surface area is 388 Å². The van der Waals surface area contributed by atoms with Crippen LogP contribution in [-0.2, 0) is 80.8 Å². The highest BCUT2D eigenvalue weighted by Crippen LogP contribution is 2.46. The number of aliphatic hydroxyl groups excluding tert-OH is 1. The molecule has 4 aromatic rings. The fraction of sp³-hybridized carbons (Fsp3) is 0.396. The Hall–Kier alpha value is -6.42. The van der Waals surface area contributed by atoms with E-state index in [1.165, 1.54) is 19.2 Å². The summed E-state index contributed by atoms with van der Waals surface area (Å²) in [7, 11) is 1.45. The summed E-state index contributed by atoms with van der Waals surface area (Å²) >= 11 is 0. The lowest BCUT2D eigenvalue weighted by Gasteiger charge is -2.53. The largest absolute Gasteiger partial charge is 0.497 e. The van der Waals surface area contributed by atoms with Crippen LogP contribution in [0.2, 0.25) is 0 Å². The number of hydrogen-bond donors (Lipinski definition) is 2. The monoisotopic (exact) mass is 953 g/mol. The molecule has 2 fully saturated rings. The van der Waals surface area contributed by atoms with Crippen LogP contribution in [-0.4, -0.2) is 116 Å². The Bertz CT molecular complexity index is 2310. The molecule has 6 rings (SSSR count). The highest BCUT2D eigenvalue weighted by atomic mass is 19.4. The number of carbonyl (C=O) groups excluding carboxylic acids is 5. The number of amides is 1. The number of esters is 4. The Kier molecular flexibility index (Phi) is 17.3. The molecule has 2 heterocycles. The van der Waals surface area contributed by atoms with Crippen LogP contribution in [0, 0.1) is 0 Å². The molecule has 2 saturated heterocycles. The van der Waals surface area contributed by atoms with Crippen molar-refractivity contribution in [1.82, 2.24) is 5.32 Å². The predicted molar refractivity (Wildman–Crippen MR) is 228 cm³/mol. The van der Waals surface area contributed by atoms with Crippen molar-refractivity contribution in [2.45, 2.75) is 101 Å². The smallest absolute Gasteiger partial charge is 0.471 e. The lowest BCUT2D eigenvalue weighted by atomic mass is 9.86. The summed E-state index contributed by atoms with van der Waals surface area (Å²) in [5, 5.41) is 13.1. The average Bonchev–Trinajstić information content (AvgIpc) is 3.32. The molecular formula is C48H50F3NO16. The molecule has 17 nitrogen and oxygen atoms in total. The average molecular weight is 954 g/mol. The van der Waals surface area contributed by atoms with E-state index in [2.05, 4.69) is 0 Å². The molecule has 4 aromatic carbocycles. The zero-order valence-electron chi connectivity index (χ0n) is 37.2. The number of hydrogen-bond acceptors (Lipinski definition) is 16. The van der Waals surface area contributed by atoms with Gasteiger partial charge in [-0.15, -0.1) is 0 Å². The standard InChI is InChI=1S/C48H50F3NO16/c1-28(54)60-27-37-40(63-29(2)55)41(64-30(3)56)38(52-46(58)48(49,50)51)45(65-37)66-39-36(24-53)68-47(34-20-22-35(59-4)23-21-34,62-26-32-16-10-6-11-17-32)43(67-44(57)33-18-12-7-13-19-33)42(39)61-25-31-14-8-5-9-15-31/h5-23,36-43,45,53H,24-27H2,1-4H3,(H,52,58)/t36-,37-,38-,39-,40+,41-,42+,43-,45+,47-/m1/s1. The summed E-state index contributed by atoms with van der Waals surface area (Å²) in [6.07, 6.45) is -20.0. The van der Waals surface area contributed by atoms with Crippen molar-refractivity contribution in [3.8, 4) is 5.75 Å². The maximum atomic E-state index is 14.4. The summed E-state index contributed by atoms with van der Waals surface area (Å²) in [5.41, 5.74) is 1.50. The number of benzene rings is 4. The van der Waals surface area contributed by atoms with Crippen molar-refractivity contribution >= 4 is 29.8 Å². The van der Waals surface area contributed by atoms with Crippen LogP contribution in [0.4, 0.5) is 13.2 Å². The third-order valence-electron chi connectivity index (χ3n) is 10.7. The van der Waals surface area contributed by atoms with E-state index in [1.807, 2.05) is 0 Å². The fourth-order valence-electron chi connectivity index (χ4n) is 7.70. The molecule has 0 spiro atoms. The first-order chi connectivity index (χ1) is 32.5. The molecule has 2 aliphatic heterocycles. The van der Waals surface area contributed by atoms with Crippen molar-refractivity contribution in [3.05, 3.63) is 138 Å². The van der Waals surface area contributed by atoms with E-state index in [0.29, 0.717) is 16.9 Å². The molecular weight excluding hydrogens is 904 g/mol. The summed E-state index contributed by atoms with van der Waals surface area (Å²) in [4.78, 5) is 64.4. The third-order valence-corrected chi connectivity index (χ3v) is 10.7. The molecule has 0 bridgehead atoms. The molecule has 1 amide bonds. The minimum Gasteiger partial charge on any atom is -0.497 e. The molecule has 364 valence electrons. The van der Waals surface area contributed by atoms with Gasteiger partial charge in [0.25, 0.3) is 0 Å². The summed E-state index contributed by atoms with van der Waals surface area (Å²) in [6, 6.07) is 29.5. The van der Waals surface area contributed by atoms with Gasteiger partial charge in [0.1, 0.15) is 42.8 Å². The Balaban J connectivity index is 1.56. The maximum Gasteiger partial charge on any atom is 0.471 e. The van der Waals surface area contributed by atoms with Crippen LogP contribution >= 0.6 is 0 Å². The van der Waals surface area contributed by atoms with Gasteiger partial charge in [-0.2, -0.15) is 13.2 Å². The third kappa shape index (κ3) is 12.8. The van der Waals surface area contributed by atoms with Crippen molar-refractivity contribution < 1.29 is 89.6 Å². The lowest BCUT2D eigenvalue weighted by Crippen LogP contribution is -2.71. The zero-order valence-corrected chi connectivity index (χ0v) is 37.2. The molecule has 0 aliphatic carbocycles. The van der Waals surface area contributed by atoms with E-state index in [4.69, 9.17) is 47.4 Å². The number of rotatable bonds is 18. The SMILES string of the molecule is COc1ccc([C@@]2(OCc3ccccc3)O[C@H](CO)[C@@H](O[C@@H]3O[C@H](COC(C)=O)[C@H](OC(C)=O)[C@H](OC(C)=O)[C@H]3NC(=O)C(F)(F)F)[C@H](OCc3ccccc3)[C@H]2OC(=O)c2ccccc2)cc1. The van der Waals surface area contributed by atoms with Gasteiger partial charge in [0.15, 0.2) is 24.6 Å². The van der Waals surface area contributed by atoms with Crippen molar-refractivity contribution in [2.75, 3.05) is 20.3 Å². The number of alkyl halides is 3. The first-order valence-electron chi connectivity index (χ1n) is 21.2. The maximum absolute atomic E-state index is 14.4. The van der Waals surface area contributed by atoms with Crippen LogP contribution < -0.4 is 10.1 Å². The number of halogens is 3. The van der Waals surface area contributed by atoms with Gasteiger partial charge in [0.2, 0.25) is 5.79 Å². The summed E-state index contributed by atoms with van der Waals surface area (Å²) in [6.45, 7) is 0.773. The van der Waals surface area contributed by atoms with Crippen LogP contribution in [0.5, 0.6) is 5.75 Å². The molecule has 20 heteroatoms. The van der Waals surface area contributed by atoms with Gasteiger partial charge in [-0.25, -0.2) is 4.79 Å². The molecule has 0 unspecified atom stereocenters. The quantitative estimate of drug-likeness (QED) is 0.101. The van der Waals surface area contributed by atoms with Crippen LogP contribution in [0.15, 0.2) is 115 Å². The second-order valence-electron chi connectivity index (χ2n) is 15.6. The van der Waals surface area contributed by atoms with Gasteiger partial charge in [-0.3, -0.25) is 19.2 Å². The first kappa shape index (κ1) is 51.0. The van der Waals surface area contributed by atoms with Crippen LogP contribution in [0.25, 0.3) is 0 Å². The van der Waals surface area contributed by atoms with Crippen LogP contribution in [0.3, 0.4) is 0 Å². The lowest BCUT2D eigenvalue weighted by molar-refractivity contribution is -0.399. The van der Waals surface area contributed by atoms with Crippen LogP contribution in [0.1, 0.15) is 47.8 Å². The highest BCUT2D eigenvalue weighted by molar-refractivity contribution is 5.89. The second kappa shape index (κ2) is 23.1. The van der Waals surface area contributed by atoms with E-state index in [-0.39, 0.29) is 24.3 Å². The fourth-order valence-corrected chi connectivity index (χ4v) is 7.70. The van der Waals surface area contributed by atoms with E-state index in [0.717, 1.165) is 20.8 Å². The molecule has 0 radical (unpaired) electrons. The van der Waals surface area contributed by atoms with Gasteiger partial charge in [0.05, 0.1) is 32.5 Å². The number of carbonyl (C=O) groups is 5. The number of nitrogens with one attached hydrogen (secondary N) is 1. The van der Waals surface area contributed by atoms with E-state index < -0.39 is 110 Å². The van der Waals surface area contributed by atoms with Gasteiger partial charge in [-0.05, 0) is 47.5 Å². The summed E-state index contributed by atoms with van der Waals surface area (Å²) in [5.74, 6) is -8.24. The first-order valence-corrected chi connectivity index (χ1v) is 21.2. The molecule has 10 atom stereocenters. The molecule has 68 heavy (non-hydrogen) atoms. The second-order valence-corrected chi connectivity index (χ2v) is 15.6. The predicted octanol–water partition coefficient (Wildman–Crippen LogP) is 4.85. The van der Waals surface area contributed by atoms with Crippen molar-refractivity contribution in [1.29, 1.82) is 0 Å². The van der Waals surface area contributed by atoms with E-state index in [9.17, 15) is 42.3 Å². The van der Waals surface area contributed by atoms with Gasteiger partial charge in [-0.1, -0.05) is 78.9 Å². The Morgan fingerprint density at radius 2 is 1.26 bits per heavy atom. The summed E-state index contributed by atoms with van der Waals surface area (Å²) < 4.78 is 103. The molecule has 2 N–H and O–H groups in total. The van der Waals surface area contributed by atoms with Gasteiger partial charge < -0.3 is 57.8 Å². The number of aliphatic hydroxyl groups is 1. The number of ether oxygens (including phenoxy) is 10. The minimum atomic E-state index is -5.54. The van der Waals surface area contributed by atoms with E-state index >= 15 is 0 Å². The molecule has 2 aliphatic rings. The van der Waals surface area contributed by atoms with Gasteiger partial charge in [0, 0.05) is 26.3 Å². The van der Waals surface area contributed by atoms with Crippen molar-refractivity contribution in [2.24, 2.45) is 0 Å². The normalized spacial score (nSPS) is 25.9. The van der Waals surface area contributed by atoms with E-state index in [1.54, 1.807) is 108 Å². The minimum absolute atomic E-state index is 0.0716. The Morgan fingerprint density at radius 3 is 1.81 bits per heavy atom. The molecule has 0 saturated carbocycles.